The Morgan fingerprint density at radius 2 is 1.89 bits per heavy atom. The van der Waals surface area contributed by atoms with Crippen molar-refractivity contribution in [1.29, 1.82) is 0 Å². The van der Waals surface area contributed by atoms with Crippen molar-refractivity contribution in [1.82, 2.24) is 9.66 Å². The molecule has 2 aromatic carbocycles. The minimum atomic E-state index is -0.285. The summed E-state index contributed by atoms with van der Waals surface area (Å²) in [5, 5.41) is 0.470. The molecule has 1 fully saturated rings. The third-order valence-electron chi connectivity index (χ3n) is 5.30. The van der Waals surface area contributed by atoms with Crippen LogP contribution in [0.4, 0.5) is 0 Å². The second-order valence-electron chi connectivity index (χ2n) is 7.14. The average molecular weight is 377 g/mol. The molecule has 1 heterocycles. The molecule has 1 amide bonds. The number of hydrogen-bond donors (Lipinski definition) is 1. The van der Waals surface area contributed by atoms with E-state index in [1.165, 1.54) is 4.68 Å². The molecule has 3 aromatic rings. The van der Waals surface area contributed by atoms with Gasteiger partial charge in [-0.15, -0.1) is 0 Å². The molecule has 1 aromatic heterocycles. The normalized spacial score (nSPS) is 14.8. The summed E-state index contributed by atoms with van der Waals surface area (Å²) in [6.45, 7) is 0. The lowest BCUT2D eigenvalue weighted by atomic mass is 9.89. The van der Waals surface area contributed by atoms with Crippen molar-refractivity contribution in [3.63, 3.8) is 0 Å². The molecule has 0 radical (unpaired) electrons. The first-order valence-corrected chi connectivity index (χ1v) is 9.64. The highest BCUT2D eigenvalue weighted by molar-refractivity contribution is 5.88. The summed E-state index contributed by atoms with van der Waals surface area (Å²) >= 11 is 0. The van der Waals surface area contributed by atoms with Crippen molar-refractivity contribution in [2.75, 3.05) is 12.5 Å². The topological polar surface area (TPSA) is 73.2 Å². The first-order valence-electron chi connectivity index (χ1n) is 9.64. The van der Waals surface area contributed by atoms with Crippen LogP contribution < -0.4 is 15.7 Å². The van der Waals surface area contributed by atoms with Crippen molar-refractivity contribution >= 4 is 16.8 Å². The fourth-order valence-corrected chi connectivity index (χ4v) is 3.76. The van der Waals surface area contributed by atoms with Crippen LogP contribution in [0.15, 0.2) is 53.3 Å². The molecule has 1 aliphatic carbocycles. The molecule has 28 heavy (non-hydrogen) atoms. The van der Waals surface area contributed by atoms with E-state index in [0.29, 0.717) is 28.0 Å². The first-order chi connectivity index (χ1) is 13.7. The maximum absolute atomic E-state index is 13.2. The molecule has 144 valence electrons. The van der Waals surface area contributed by atoms with Crippen LogP contribution in [0.25, 0.3) is 22.3 Å². The van der Waals surface area contributed by atoms with Gasteiger partial charge in [-0.3, -0.25) is 15.0 Å². The van der Waals surface area contributed by atoms with Gasteiger partial charge in [0.2, 0.25) is 5.91 Å². The molecule has 1 N–H and O–H groups in total. The Balaban J connectivity index is 1.83. The van der Waals surface area contributed by atoms with Gasteiger partial charge in [0.05, 0.1) is 18.0 Å². The van der Waals surface area contributed by atoms with E-state index >= 15 is 0 Å². The Kier molecular flexibility index (Phi) is 5.10. The highest BCUT2D eigenvalue weighted by Gasteiger charge is 2.23. The van der Waals surface area contributed by atoms with Gasteiger partial charge in [0.25, 0.3) is 5.56 Å². The summed E-state index contributed by atoms with van der Waals surface area (Å²) in [7, 11) is 1.59. The molecule has 1 aliphatic rings. The molecule has 6 nitrogen and oxygen atoms in total. The van der Waals surface area contributed by atoms with Gasteiger partial charge in [-0.2, -0.15) is 4.68 Å². The second-order valence-corrected chi connectivity index (χ2v) is 7.14. The highest BCUT2D eigenvalue weighted by atomic mass is 16.5. The number of carbonyl (C=O) groups is 1. The van der Waals surface area contributed by atoms with Crippen LogP contribution in [0, 0.1) is 5.92 Å². The summed E-state index contributed by atoms with van der Waals surface area (Å²) in [5.41, 5.74) is 3.85. The molecular formula is C22H23N3O3. The Labute approximate surface area is 163 Å². The summed E-state index contributed by atoms with van der Waals surface area (Å²) in [6, 6.07) is 14.5. The number of carbonyl (C=O) groups excluding carboxylic acids is 1. The van der Waals surface area contributed by atoms with Crippen LogP contribution in [0.2, 0.25) is 0 Å². The van der Waals surface area contributed by atoms with Crippen molar-refractivity contribution in [2.24, 2.45) is 5.92 Å². The zero-order valence-corrected chi connectivity index (χ0v) is 15.9. The number of nitrogens with one attached hydrogen (secondary N) is 1. The SMILES string of the molecule is COc1cccc(-c2nc3ccccc3c(=O)n2NC(=O)C2CCCCC2)c1. The van der Waals surface area contributed by atoms with Gasteiger partial charge in [0, 0.05) is 11.5 Å². The van der Waals surface area contributed by atoms with Gasteiger partial charge < -0.3 is 4.74 Å². The Hall–Kier alpha value is -3.15. The fourth-order valence-electron chi connectivity index (χ4n) is 3.76. The van der Waals surface area contributed by atoms with Gasteiger partial charge in [-0.05, 0) is 37.1 Å². The molecule has 0 spiro atoms. The van der Waals surface area contributed by atoms with Crippen molar-refractivity contribution < 1.29 is 9.53 Å². The largest absolute Gasteiger partial charge is 0.497 e. The van der Waals surface area contributed by atoms with Crippen molar-refractivity contribution in [2.45, 2.75) is 32.1 Å². The maximum Gasteiger partial charge on any atom is 0.280 e. The zero-order valence-electron chi connectivity index (χ0n) is 15.9. The summed E-state index contributed by atoms with van der Waals surface area (Å²) in [4.78, 5) is 30.7. The van der Waals surface area contributed by atoms with E-state index in [9.17, 15) is 9.59 Å². The minimum absolute atomic E-state index is 0.0646. The molecular weight excluding hydrogens is 354 g/mol. The highest BCUT2D eigenvalue weighted by Crippen LogP contribution is 2.25. The smallest absolute Gasteiger partial charge is 0.280 e. The van der Waals surface area contributed by atoms with Crippen LogP contribution in [0.1, 0.15) is 32.1 Å². The van der Waals surface area contributed by atoms with Crippen LogP contribution >= 0.6 is 0 Å². The molecule has 0 bridgehead atoms. The van der Waals surface area contributed by atoms with Crippen LogP contribution in [0.5, 0.6) is 5.75 Å². The molecule has 6 heteroatoms. The Morgan fingerprint density at radius 1 is 1.11 bits per heavy atom. The Morgan fingerprint density at radius 3 is 2.68 bits per heavy atom. The number of rotatable bonds is 4. The monoisotopic (exact) mass is 377 g/mol. The van der Waals surface area contributed by atoms with E-state index in [1.54, 1.807) is 31.4 Å². The van der Waals surface area contributed by atoms with E-state index in [0.717, 1.165) is 32.1 Å². The quantitative estimate of drug-likeness (QED) is 0.752. The van der Waals surface area contributed by atoms with Gasteiger partial charge in [0.15, 0.2) is 5.82 Å². The summed E-state index contributed by atoms with van der Waals surface area (Å²) in [5.74, 6) is 0.866. The first kappa shape index (κ1) is 18.2. The van der Waals surface area contributed by atoms with Gasteiger partial charge >= 0.3 is 0 Å². The predicted octanol–water partition coefficient (Wildman–Crippen LogP) is 3.72. The van der Waals surface area contributed by atoms with Gasteiger partial charge in [0.1, 0.15) is 5.75 Å². The van der Waals surface area contributed by atoms with E-state index in [1.807, 2.05) is 24.3 Å². The number of ether oxygens (including phenoxy) is 1. The third kappa shape index (κ3) is 3.50. The number of hydrogen-bond acceptors (Lipinski definition) is 4. The number of methoxy groups -OCH3 is 1. The lowest BCUT2D eigenvalue weighted by Crippen LogP contribution is -2.38. The van der Waals surface area contributed by atoms with Crippen LogP contribution in [-0.2, 0) is 4.79 Å². The summed E-state index contributed by atoms with van der Waals surface area (Å²) < 4.78 is 6.59. The number of amides is 1. The fraction of sp³-hybridized carbons (Fsp3) is 0.318. The standard InChI is InChI=1S/C22H23N3O3/c1-28-17-11-7-10-16(14-17)20-23-19-13-6-5-12-18(19)22(27)25(20)24-21(26)15-8-3-2-4-9-15/h5-7,10-15H,2-4,8-9H2,1H3,(H,24,26). The molecule has 0 aliphatic heterocycles. The van der Waals surface area contributed by atoms with E-state index in [2.05, 4.69) is 10.4 Å². The van der Waals surface area contributed by atoms with Gasteiger partial charge in [-0.1, -0.05) is 43.5 Å². The van der Waals surface area contributed by atoms with Crippen LogP contribution in [0.3, 0.4) is 0 Å². The van der Waals surface area contributed by atoms with E-state index in [4.69, 9.17) is 4.74 Å². The number of fused-ring (bicyclic) bond motifs is 1. The minimum Gasteiger partial charge on any atom is -0.497 e. The molecule has 0 atom stereocenters. The van der Waals surface area contributed by atoms with Crippen molar-refractivity contribution in [3.8, 4) is 17.1 Å². The summed E-state index contributed by atoms with van der Waals surface area (Å²) in [6.07, 6.45) is 4.97. The molecule has 0 saturated heterocycles. The Bertz CT molecular complexity index is 1070. The number of aromatic nitrogens is 2. The third-order valence-corrected chi connectivity index (χ3v) is 5.30. The number of benzene rings is 2. The maximum atomic E-state index is 13.2. The molecule has 0 unspecified atom stereocenters. The average Bonchev–Trinajstić information content (AvgIpc) is 2.76. The lowest BCUT2D eigenvalue weighted by Gasteiger charge is -2.22. The van der Waals surface area contributed by atoms with E-state index < -0.39 is 0 Å². The van der Waals surface area contributed by atoms with E-state index in [-0.39, 0.29) is 17.4 Å². The number of nitrogens with zero attached hydrogens (tertiary/aromatic N) is 2. The number of para-hydroxylation sites is 1. The second kappa shape index (κ2) is 7.84. The van der Waals surface area contributed by atoms with Crippen LogP contribution in [-0.4, -0.2) is 22.7 Å². The molecule has 4 rings (SSSR count). The van der Waals surface area contributed by atoms with Gasteiger partial charge in [-0.25, -0.2) is 4.98 Å². The van der Waals surface area contributed by atoms with Crippen molar-refractivity contribution in [3.05, 3.63) is 58.9 Å². The lowest BCUT2D eigenvalue weighted by molar-refractivity contribution is -0.121. The predicted molar refractivity (Wildman–Crippen MR) is 109 cm³/mol. The zero-order chi connectivity index (χ0) is 19.5. The molecule has 1 saturated carbocycles.